The summed E-state index contributed by atoms with van der Waals surface area (Å²) in [5.74, 6) is 0.988. The lowest BCUT2D eigenvalue weighted by atomic mass is 10.1. The predicted molar refractivity (Wildman–Crippen MR) is 94.5 cm³/mol. The van der Waals surface area contributed by atoms with Gasteiger partial charge >= 0.3 is 0 Å². The molecule has 4 rings (SSSR count). The van der Waals surface area contributed by atoms with E-state index < -0.39 is 15.9 Å². The molecule has 0 spiro atoms. The number of carbonyl (C=O) groups excluding carboxylic acids is 1. The number of para-hydroxylation sites is 2. The van der Waals surface area contributed by atoms with Crippen LogP contribution >= 0.6 is 0 Å². The molecule has 1 N–H and O–H groups in total. The van der Waals surface area contributed by atoms with Crippen molar-refractivity contribution >= 4 is 21.8 Å². The third kappa shape index (κ3) is 3.30. The second-order valence-electron chi connectivity index (χ2n) is 6.02. The molecule has 0 aromatic heterocycles. The third-order valence-electron chi connectivity index (χ3n) is 4.16. The van der Waals surface area contributed by atoms with Crippen LogP contribution in [0.4, 0.5) is 0 Å². The van der Waals surface area contributed by atoms with Crippen molar-refractivity contribution in [2.24, 2.45) is 4.40 Å². The first-order valence-electron chi connectivity index (χ1n) is 8.17. The van der Waals surface area contributed by atoms with E-state index in [0.29, 0.717) is 18.1 Å². The van der Waals surface area contributed by atoms with E-state index in [2.05, 4.69) is 9.71 Å². The van der Waals surface area contributed by atoms with Crippen molar-refractivity contribution in [3.8, 4) is 11.5 Å². The predicted octanol–water partition coefficient (Wildman–Crippen LogP) is 0.440. The smallest absolute Gasteiger partial charge is 0.256 e. The van der Waals surface area contributed by atoms with Gasteiger partial charge in [-0.15, -0.1) is 4.40 Å². The highest BCUT2D eigenvalue weighted by Crippen LogP contribution is 2.30. The number of allylic oxidation sites excluding steroid dienone is 2. The Hall–Kier alpha value is -2.81. The number of hydrogen-bond donors (Lipinski definition) is 1. The van der Waals surface area contributed by atoms with Gasteiger partial charge in [0.05, 0.1) is 17.9 Å². The minimum atomic E-state index is -3.54. The number of amides is 1. The fraction of sp³-hybridized carbons (Fsp3) is 0.294. The maximum absolute atomic E-state index is 12.5. The van der Waals surface area contributed by atoms with Crippen molar-refractivity contribution in [2.75, 3.05) is 25.4 Å². The number of sulfonamides is 1. The molecular formula is C17H17N3O5S. The summed E-state index contributed by atoms with van der Waals surface area (Å²) in [5.41, 5.74) is 0.216. The van der Waals surface area contributed by atoms with Crippen molar-refractivity contribution in [1.29, 1.82) is 0 Å². The van der Waals surface area contributed by atoms with Gasteiger partial charge in [-0.05, 0) is 24.3 Å². The second-order valence-corrected chi connectivity index (χ2v) is 7.78. The highest BCUT2D eigenvalue weighted by molar-refractivity contribution is 7.90. The molecule has 0 aliphatic carbocycles. The zero-order valence-corrected chi connectivity index (χ0v) is 14.6. The number of amidine groups is 1. The fourth-order valence-electron chi connectivity index (χ4n) is 2.86. The second kappa shape index (κ2) is 6.49. The van der Waals surface area contributed by atoms with E-state index in [4.69, 9.17) is 9.47 Å². The van der Waals surface area contributed by atoms with Crippen LogP contribution in [-0.4, -0.2) is 56.6 Å². The SMILES string of the molecule is O=C(NC[C@H]1COc2ccccc2O1)C1=CC=CN2CCS(=O)(=O)N=C12. The van der Waals surface area contributed by atoms with Crippen LogP contribution in [0, 0.1) is 0 Å². The average Bonchev–Trinajstić information content (AvgIpc) is 2.64. The van der Waals surface area contributed by atoms with Gasteiger partial charge in [0.15, 0.2) is 17.3 Å². The van der Waals surface area contributed by atoms with Crippen LogP contribution in [0.15, 0.2) is 52.6 Å². The Bertz CT molecular complexity index is 935. The Morgan fingerprint density at radius 2 is 2.12 bits per heavy atom. The zero-order valence-electron chi connectivity index (χ0n) is 13.8. The molecule has 3 aliphatic rings. The Morgan fingerprint density at radius 3 is 2.96 bits per heavy atom. The minimum Gasteiger partial charge on any atom is -0.486 e. The summed E-state index contributed by atoms with van der Waals surface area (Å²) in [5, 5.41) is 2.76. The van der Waals surface area contributed by atoms with Crippen LogP contribution < -0.4 is 14.8 Å². The van der Waals surface area contributed by atoms with Crippen molar-refractivity contribution in [2.45, 2.75) is 6.10 Å². The molecule has 0 saturated heterocycles. The number of nitrogens with zero attached hydrogens (tertiary/aromatic N) is 2. The van der Waals surface area contributed by atoms with Crippen LogP contribution in [0.25, 0.3) is 0 Å². The summed E-state index contributed by atoms with van der Waals surface area (Å²) in [6, 6.07) is 7.33. The van der Waals surface area contributed by atoms with E-state index in [1.54, 1.807) is 29.3 Å². The highest BCUT2D eigenvalue weighted by Gasteiger charge is 2.30. The highest BCUT2D eigenvalue weighted by atomic mass is 32.2. The molecule has 1 atom stereocenters. The summed E-state index contributed by atoms with van der Waals surface area (Å²) in [6.45, 7) is 0.824. The molecule has 1 amide bonds. The zero-order chi connectivity index (χ0) is 18.1. The minimum absolute atomic E-state index is 0.0671. The van der Waals surface area contributed by atoms with E-state index in [0.717, 1.165) is 0 Å². The normalized spacial score (nSPS) is 22.8. The van der Waals surface area contributed by atoms with Crippen LogP contribution in [0.5, 0.6) is 11.5 Å². The Morgan fingerprint density at radius 1 is 1.31 bits per heavy atom. The van der Waals surface area contributed by atoms with Crippen LogP contribution in [0.3, 0.4) is 0 Å². The van der Waals surface area contributed by atoms with E-state index in [1.807, 2.05) is 18.2 Å². The van der Waals surface area contributed by atoms with Gasteiger partial charge in [0.2, 0.25) is 0 Å². The molecule has 0 saturated carbocycles. The standard InChI is InChI=1S/C17H17N3O5S/c21-17(13-4-3-7-20-8-9-26(22,23)19-16(13)20)18-10-12-11-24-14-5-1-2-6-15(14)25-12/h1-7,12H,8-11H2,(H,18,21)/t12-/m0/s1. The summed E-state index contributed by atoms with van der Waals surface area (Å²) >= 11 is 0. The quantitative estimate of drug-likeness (QED) is 0.823. The Balaban J connectivity index is 1.43. The molecule has 1 aromatic carbocycles. The summed E-state index contributed by atoms with van der Waals surface area (Å²) in [6.07, 6.45) is 4.63. The lowest BCUT2D eigenvalue weighted by molar-refractivity contribution is -0.117. The lowest BCUT2D eigenvalue weighted by Gasteiger charge is -2.29. The number of carbonyl (C=O) groups is 1. The molecule has 136 valence electrons. The maximum Gasteiger partial charge on any atom is 0.256 e. The van der Waals surface area contributed by atoms with E-state index in [1.165, 1.54) is 0 Å². The van der Waals surface area contributed by atoms with Gasteiger partial charge in [-0.2, -0.15) is 0 Å². The van der Waals surface area contributed by atoms with Gasteiger partial charge in [-0.25, -0.2) is 8.42 Å². The largest absolute Gasteiger partial charge is 0.486 e. The number of rotatable bonds is 3. The number of fused-ring (bicyclic) bond motifs is 2. The van der Waals surface area contributed by atoms with Gasteiger partial charge in [-0.3, -0.25) is 4.79 Å². The molecule has 3 aliphatic heterocycles. The number of nitrogens with one attached hydrogen (secondary N) is 1. The molecule has 26 heavy (non-hydrogen) atoms. The molecule has 0 fully saturated rings. The monoisotopic (exact) mass is 375 g/mol. The molecule has 1 aromatic rings. The van der Waals surface area contributed by atoms with Crippen molar-refractivity contribution < 1.29 is 22.7 Å². The van der Waals surface area contributed by atoms with Crippen LogP contribution in [-0.2, 0) is 14.8 Å². The van der Waals surface area contributed by atoms with Crippen LogP contribution in [0.1, 0.15) is 0 Å². The lowest BCUT2D eigenvalue weighted by Crippen LogP contribution is -2.45. The first-order valence-corrected chi connectivity index (χ1v) is 9.77. The molecule has 8 nitrogen and oxygen atoms in total. The third-order valence-corrected chi connectivity index (χ3v) is 5.31. The molecule has 9 heteroatoms. The first-order chi connectivity index (χ1) is 12.5. The van der Waals surface area contributed by atoms with E-state index in [9.17, 15) is 13.2 Å². The average molecular weight is 375 g/mol. The van der Waals surface area contributed by atoms with E-state index >= 15 is 0 Å². The van der Waals surface area contributed by atoms with Gasteiger partial charge in [0.1, 0.15) is 12.7 Å². The molecule has 0 unspecified atom stereocenters. The van der Waals surface area contributed by atoms with Crippen LogP contribution in [0.2, 0.25) is 0 Å². The van der Waals surface area contributed by atoms with Gasteiger partial charge in [0, 0.05) is 12.7 Å². The molecule has 3 heterocycles. The van der Waals surface area contributed by atoms with Crippen molar-refractivity contribution in [3.63, 3.8) is 0 Å². The number of benzene rings is 1. The van der Waals surface area contributed by atoms with Crippen molar-refractivity contribution in [3.05, 3.63) is 48.2 Å². The van der Waals surface area contributed by atoms with E-state index in [-0.39, 0.29) is 36.4 Å². The maximum atomic E-state index is 12.5. The Kier molecular flexibility index (Phi) is 4.15. The Labute approximate surface area is 150 Å². The molecule has 0 radical (unpaired) electrons. The fourth-order valence-corrected chi connectivity index (χ4v) is 3.84. The number of ether oxygens (including phenoxy) is 2. The first kappa shape index (κ1) is 16.6. The van der Waals surface area contributed by atoms with Gasteiger partial charge in [0.25, 0.3) is 15.9 Å². The molecular weight excluding hydrogens is 358 g/mol. The van der Waals surface area contributed by atoms with Gasteiger partial charge in [-0.1, -0.05) is 12.1 Å². The summed E-state index contributed by atoms with van der Waals surface area (Å²) < 4.78 is 38.7. The van der Waals surface area contributed by atoms with Crippen molar-refractivity contribution in [1.82, 2.24) is 10.2 Å². The summed E-state index contributed by atoms with van der Waals surface area (Å²) in [7, 11) is -3.54. The topological polar surface area (TPSA) is 97.3 Å². The molecule has 0 bridgehead atoms. The van der Waals surface area contributed by atoms with Gasteiger partial charge < -0.3 is 19.7 Å². The summed E-state index contributed by atoms with van der Waals surface area (Å²) in [4.78, 5) is 14.2. The number of hydrogen-bond acceptors (Lipinski definition) is 6.